The van der Waals surface area contributed by atoms with E-state index in [1.54, 1.807) is 0 Å². The van der Waals surface area contributed by atoms with E-state index in [1.165, 1.54) is 25.7 Å². The maximum atomic E-state index is 10.4. The van der Waals surface area contributed by atoms with Gasteiger partial charge in [0.2, 0.25) is 0 Å². The van der Waals surface area contributed by atoms with Crippen LogP contribution in [0.25, 0.3) is 0 Å². The van der Waals surface area contributed by atoms with Crippen molar-refractivity contribution in [3.8, 4) is 0 Å². The first-order chi connectivity index (χ1) is 11.2. The van der Waals surface area contributed by atoms with E-state index < -0.39 is 5.97 Å². The molecule has 0 saturated carbocycles. The smallest absolute Gasteiger partial charge is 0.303 e. The highest BCUT2D eigenvalue weighted by molar-refractivity contribution is 5.66. The van der Waals surface area contributed by atoms with Gasteiger partial charge in [-0.2, -0.15) is 0 Å². The first-order valence-electron chi connectivity index (χ1n) is 9.06. The van der Waals surface area contributed by atoms with Gasteiger partial charge in [-0.05, 0) is 44.9 Å². The Labute approximate surface area is 141 Å². The van der Waals surface area contributed by atoms with E-state index in [2.05, 4.69) is 43.4 Å². The van der Waals surface area contributed by atoms with Crippen molar-refractivity contribution >= 4 is 5.97 Å². The van der Waals surface area contributed by atoms with Crippen LogP contribution in [0.15, 0.2) is 36.5 Å². The number of carboxylic acids is 1. The highest BCUT2D eigenvalue weighted by Crippen LogP contribution is 2.30. The van der Waals surface area contributed by atoms with Gasteiger partial charge in [-0.3, -0.25) is 4.79 Å². The van der Waals surface area contributed by atoms with Crippen LogP contribution in [-0.4, -0.2) is 23.3 Å². The van der Waals surface area contributed by atoms with E-state index in [0.717, 1.165) is 32.1 Å². The Morgan fingerprint density at radius 2 is 1.65 bits per heavy atom. The average Bonchev–Trinajstić information content (AvgIpc) is 3.26. The van der Waals surface area contributed by atoms with E-state index >= 15 is 0 Å². The molecule has 0 aromatic carbocycles. The summed E-state index contributed by atoms with van der Waals surface area (Å²) in [7, 11) is 0. The summed E-state index contributed by atoms with van der Waals surface area (Å²) in [6, 6.07) is 0. The quantitative estimate of drug-likeness (QED) is 0.264. The van der Waals surface area contributed by atoms with Gasteiger partial charge in [0.05, 0.1) is 12.2 Å². The van der Waals surface area contributed by atoms with E-state index in [4.69, 9.17) is 9.84 Å². The van der Waals surface area contributed by atoms with Crippen molar-refractivity contribution in [3.63, 3.8) is 0 Å². The molecule has 1 aliphatic heterocycles. The van der Waals surface area contributed by atoms with Gasteiger partial charge in [-0.25, -0.2) is 0 Å². The van der Waals surface area contributed by atoms with Crippen LogP contribution in [0.1, 0.15) is 71.1 Å². The monoisotopic (exact) mass is 320 g/mol. The summed E-state index contributed by atoms with van der Waals surface area (Å²) in [4.78, 5) is 10.4. The molecule has 0 amide bonds. The molecule has 2 atom stereocenters. The number of carboxylic acid groups (broad SMARTS) is 1. The summed E-state index contributed by atoms with van der Waals surface area (Å²) in [5.41, 5.74) is 0. The maximum absolute atomic E-state index is 10.4. The van der Waals surface area contributed by atoms with Gasteiger partial charge in [0, 0.05) is 6.42 Å². The number of hydrogen-bond donors (Lipinski definition) is 1. The zero-order chi connectivity index (χ0) is 16.8. The summed E-state index contributed by atoms with van der Waals surface area (Å²) >= 11 is 0. The zero-order valence-corrected chi connectivity index (χ0v) is 14.5. The second-order valence-electron chi connectivity index (χ2n) is 6.12. The van der Waals surface area contributed by atoms with Crippen molar-refractivity contribution in [2.45, 2.75) is 83.3 Å². The lowest BCUT2D eigenvalue weighted by Crippen LogP contribution is -1.97. The van der Waals surface area contributed by atoms with Crippen molar-refractivity contribution in [1.82, 2.24) is 0 Å². The summed E-state index contributed by atoms with van der Waals surface area (Å²) < 4.78 is 5.53. The third-order valence-electron chi connectivity index (χ3n) is 3.95. The molecule has 0 aromatic rings. The third-order valence-corrected chi connectivity index (χ3v) is 3.95. The zero-order valence-electron chi connectivity index (χ0n) is 14.5. The highest BCUT2D eigenvalue weighted by atomic mass is 16.6. The van der Waals surface area contributed by atoms with Crippen molar-refractivity contribution in [1.29, 1.82) is 0 Å². The largest absolute Gasteiger partial charge is 0.481 e. The molecule has 3 heteroatoms. The van der Waals surface area contributed by atoms with Gasteiger partial charge in [-0.1, -0.05) is 56.2 Å². The number of aliphatic carboxylic acids is 1. The Morgan fingerprint density at radius 3 is 2.35 bits per heavy atom. The van der Waals surface area contributed by atoms with Gasteiger partial charge in [0.15, 0.2) is 0 Å². The van der Waals surface area contributed by atoms with Gasteiger partial charge < -0.3 is 9.84 Å². The summed E-state index contributed by atoms with van der Waals surface area (Å²) in [5.74, 6) is -0.718. The average molecular weight is 320 g/mol. The molecule has 0 bridgehead atoms. The molecule has 1 rings (SSSR count). The molecule has 1 saturated heterocycles. The van der Waals surface area contributed by atoms with Crippen molar-refractivity contribution < 1.29 is 14.6 Å². The van der Waals surface area contributed by atoms with E-state index in [1.807, 2.05) is 0 Å². The maximum Gasteiger partial charge on any atom is 0.303 e. The van der Waals surface area contributed by atoms with Crippen LogP contribution in [0.2, 0.25) is 0 Å². The van der Waals surface area contributed by atoms with Crippen LogP contribution in [0, 0.1) is 0 Å². The molecule has 130 valence electrons. The topological polar surface area (TPSA) is 49.8 Å². The molecule has 0 unspecified atom stereocenters. The lowest BCUT2D eigenvalue weighted by molar-refractivity contribution is -0.137. The molecule has 1 heterocycles. The van der Waals surface area contributed by atoms with Crippen molar-refractivity contribution in [2.75, 3.05) is 0 Å². The van der Waals surface area contributed by atoms with E-state index in [0.29, 0.717) is 6.10 Å². The second-order valence-corrected chi connectivity index (χ2v) is 6.12. The minimum Gasteiger partial charge on any atom is -0.481 e. The standard InChI is InChI=1S/C20H32O3/c1-2-3-4-5-6-7-8-9-10-11-12-13-15-18-19(23-18)16-14-17-20(21)22/h6-7,9-10,12-13,18-19H,2-5,8,11,14-17H2,1H3,(H,21,22)/b7-6-,10-9-,13-12-/t18-,19+/m0/s1. The Hall–Kier alpha value is -1.35. The Balaban J connectivity index is 1.91. The van der Waals surface area contributed by atoms with Crippen LogP contribution >= 0.6 is 0 Å². The number of allylic oxidation sites excluding steroid dienone is 5. The fourth-order valence-electron chi connectivity index (χ4n) is 2.50. The van der Waals surface area contributed by atoms with Crippen LogP contribution in [0.5, 0.6) is 0 Å². The summed E-state index contributed by atoms with van der Waals surface area (Å²) in [6.07, 6.45) is 23.8. The molecular formula is C20H32O3. The molecule has 0 aliphatic carbocycles. The van der Waals surface area contributed by atoms with Crippen LogP contribution in [0.4, 0.5) is 0 Å². The SMILES string of the molecule is CCCCC/C=C\C/C=C\C/C=C\C[C@@H]1O[C@@H]1CCCC(=O)O. The number of rotatable bonds is 14. The highest BCUT2D eigenvalue weighted by Gasteiger charge is 2.36. The predicted octanol–water partition coefficient (Wildman–Crippen LogP) is 5.43. The molecule has 1 N–H and O–H groups in total. The number of hydrogen-bond acceptors (Lipinski definition) is 2. The predicted molar refractivity (Wildman–Crippen MR) is 95.6 cm³/mol. The summed E-state index contributed by atoms with van der Waals surface area (Å²) in [6.45, 7) is 2.23. The molecule has 0 spiro atoms. The molecule has 0 aromatic heterocycles. The van der Waals surface area contributed by atoms with Crippen LogP contribution < -0.4 is 0 Å². The van der Waals surface area contributed by atoms with Gasteiger partial charge >= 0.3 is 5.97 Å². The molecule has 0 radical (unpaired) electrons. The van der Waals surface area contributed by atoms with E-state index in [9.17, 15) is 4.79 Å². The minimum atomic E-state index is -0.718. The molecular weight excluding hydrogens is 288 g/mol. The molecule has 1 aliphatic rings. The van der Waals surface area contributed by atoms with Crippen LogP contribution in [-0.2, 0) is 9.53 Å². The lowest BCUT2D eigenvalue weighted by Gasteiger charge is -1.92. The number of ether oxygens (including phenoxy) is 1. The van der Waals surface area contributed by atoms with Gasteiger partial charge in [0.1, 0.15) is 0 Å². The van der Waals surface area contributed by atoms with Crippen molar-refractivity contribution in [2.24, 2.45) is 0 Å². The van der Waals surface area contributed by atoms with Crippen molar-refractivity contribution in [3.05, 3.63) is 36.5 Å². The third kappa shape index (κ3) is 11.8. The Bertz CT molecular complexity index is 396. The fraction of sp³-hybridized carbons (Fsp3) is 0.650. The number of epoxide rings is 1. The molecule has 23 heavy (non-hydrogen) atoms. The number of unbranched alkanes of at least 4 members (excludes halogenated alkanes) is 3. The lowest BCUT2D eigenvalue weighted by atomic mass is 10.1. The molecule has 1 fully saturated rings. The second kappa shape index (κ2) is 13.1. The summed E-state index contributed by atoms with van der Waals surface area (Å²) in [5, 5.41) is 8.58. The first kappa shape index (κ1) is 19.7. The van der Waals surface area contributed by atoms with E-state index in [-0.39, 0.29) is 12.5 Å². The van der Waals surface area contributed by atoms with Gasteiger partial charge in [0.25, 0.3) is 0 Å². The van der Waals surface area contributed by atoms with Gasteiger partial charge in [-0.15, -0.1) is 0 Å². The Kier molecular flexibility index (Phi) is 11.2. The normalized spacial score (nSPS) is 20.9. The molecule has 3 nitrogen and oxygen atoms in total. The minimum absolute atomic E-state index is 0.250. The van der Waals surface area contributed by atoms with Crippen LogP contribution in [0.3, 0.4) is 0 Å². The fourth-order valence-corrected chi connectivity index (χ4v) is 2.50. The first-order valence-corrected chi connectivity index (χ1v) is 9.06. The number of carbonyl (C=O) groups is 1. The Morgan fingerprint density at radius 1 is 0.957 bits per heavy atom.